The second-order valence-corrected chi connectivity index (χ2v) is 5.93. The molecule has 1 aromatic carbocycles. The fourth-order valence-corrected chi connectivity index (χ4v) is 3.00. The summed E-state index contributed by atoms with van der Waals surface area (Å²) in [7, 11) is 0. The first-order valence-electron chi connectivity index (χ1n) is 7.55. The summed E-state index contributed by atoms with van der Waals surface area (Å²) in [4.78, 5) is 0. The van der Waals surface area contributed by atoms with E-state index >= 15 is 0 Å². The van der Waals surface area contributed by atoms with Crippen LogP contribution in [0.3, 0.4) is 0 Å². The molecule has 20 heavy (non-hydrogen) atoms. The Labute approximate surface area is 121 Å². The molecule has 106 valence electrons. The average Bonchev–Trinajstić information content (AvgIpc) is 2.63. The Hall–Kier alpha value is -1.61. The van der Waals surface area contributed by atoms with E-state index in [1.165, 1.54) is 28.1 Å². The number of aromatic nitrogens is 2. The summed E-state index contributed by atoms with van der Waals surface area (Å²) in [6, 6.07) is 9.17. The summed E-state index contributed by atoms with van der Waals surface area (Å²) >= 11 is 0. The summed E-state index contributed by atoms with van der Waals surface area (Å²) < 4.78 is 2.21. The zero-order valence-electron chi connectivity index (χ0n) is 12.6. The Morgan fingerprint density at radius 2 is 2.00 bits per heavy atom. The number of rotatable bonds is 2. The first-order valence-corrected chi connectivity index (χ1v) is 7.55. The van der Waals surface area contributed by atoms with Crippen LogP contribution in [0, 0.1) is 6.92 Å². The Bertz CT molecular complexity index is 611. The lowest BCUT2D eigenvalue weighted by atomic mass is 10.0. The predicted molar refractivity (Wildman–Crippen MR) is 83.1 cm³/mol. The highest BCUT2D eigenvalue weighted by Crippen LogP contribution is 2.30. The van der Waals surface area contributed by atoms with Gasteiger partial charge in [0.15, 0.2) is 0 Å². The quantitative estimate of drug-likeness (QED) is 0.907. The van der Waals surface area contributed by atoms with Gasteiger partial charge >= 0.3 is 0 Å². The maximum Gasteiger partial charge on any atom is 0.0720 e. The maximum absolute atomic E-state index is 4.89. The summed E-state index contributed by atoms with van der Waals surface area (Å²) in [6.07, 6.45) is 2.11. The smallest absolute Gasteiger partial charge is 0.0720 e. The summed E-state index contributed by atoms with van der Waals surface area (Å²) in [5.41, 5.74) is 6.64. The molecule has 0 fully saturated rings. The number of hydrogen-bond donors (Lipinski definition) is 1. The summed E-state index contributed by atoms with van der Waals surface area (Å²) in [5.74, 6) is 0. The summed E-state index contributed by atoms with van der Waals surface area (Å²) in [5, 5.41) is 8.36. The third-order valence-corrected chi connectivity index (χ3v) is 3.96. The largest absolute Gasteiger partial charge is 0.316 e. The fourth-order valence-electron chi connectivity index (χ4n) is 3.00. The number of nitrogens with zero attached hydrogens (tertiary/aromatic N) is 2. The van der Waals surface area contributed by atoms with Crippen LogP contribution < -0.4 is 5.32 Å². The van der Waals surface area contributed by atoms with Crippen LogP contribution in [0.1, 0.15) is 36.7 Å². The van der Waals surface area contributed by atoms with Gasteiger partial charge in [0.1, 0.15) is 0 Å². The van der Waals surface area contributed by atoms with Gasteiger partial charge in [0, 0.05) is 30.1 Å². The molecule has 0 radical (unpaired) electrons. The third kappa shape index (κ3) is 2.38. The molecule has 2 aromatic rings. The molecule has 0 amide bonds. The van der Waals surface area contributed by atoms with Gasteiger partial charge in [0.25, 0.3) is 0 Å². The lowest BCUT2D eigenvalue weighted by Gasteiger charge is -2.13. The second-order valence-electron chi connectivity index (χ2n) is 5.93. The van der Waals surface area contributed by atoms with Gasteiger partial charge in [-0.05, 0) is 39.8 Å². The first kappa shape index (κ1) is 13.4. The lowest BCUT2D eigenvalue weighted by Crippen LogP contribution is -2.17. The molecule has 3 heteroatoms. The van der Waals surface area contributed by atoms with Crippen LogP contribution in [-0.2, 0) is 12.8 Å². The molecule has 1 aromatic heterocycles. The van der Waals surface area contributed by atoms with Crippen molar-refractivity contribution in [1.29, 1.82) is 0 Å². The molecule has 2 heterocycles. The van der Waals surface area contributed by atoms with Gasteiger partial charge in [-0.3, -0.25) is 4.68 Å². The van der Waals surface area contributed by atoms with Gasteiger partial charge in [-0.1, -0.05) is 23.8 Å². The van der Waals surface area contributed by atoms with Crippen LogP contribution in [0.5, 0.6) is 0 Å². The number of fused-ring (bicyclic) bond motifs is 1. The van der Waals surface area contributed by atoms with Crippen molar-refractivity contribution in [3.05, 3.63) is 41.1 Å². The van der Waals surface area contributed by atoms with E-state index in [9.17, 15) is 0 Å². The number of aryl methyl sites for hydroxylation is 1. The van der Waals surface area contributed by atoms with Crippen molar-refractivity contribution in [2.75, 3.05) is 13.1 Å². The van der Waals surface area contributed by atoms with E-state index in [1.807, 2.05) is 0 Å². The highest BCUT2D eigenvalue weighted by Gasteiger charge is 2.21. The zero-order valence-corrected chi connectivity index (χ0v) is 12.6. The molecule has 1 aliphatic rings. The van der Waals surface area contributed by atoms with Crippen molar-refractivity contribution in [3.8, 4) is 11.3 Å². The summed E-state index contributed by atoms with van der Waals surface area (Å²) in [6.45, 7) is 8.67. The second kappa shape index (κ2) is 5.41. The van der Waals surface area contributed by atoms with E-state index in [0.29, 0.717) is 6.04 Å². The van der Waals surface area contributed by atoms with Crippen LogP contribution in [0.15, 0.2) is 24.3 Å². The monoisotopic (exact) mass is 269 g/mol. The maximum atomic E-state index is 4.89. The van der Waals surface area contributed by atoms with E-state index in [-0.39, 0.29) is 0 Å². The average molecular weight is 269 g/mol. The molecule has 3 rings (SSSR count). The minimum absolute atomic E-state index is 0.394. The van der Waals surface area contributed by atoms with Crippen molar-refractivity contribution in [3.63, 3.8) is 0 Å². The molecular formula is C17H23N3. The molecule has 0 saturated heterocycles. The molecule has 0 unspecified atom stereocenters. The number of hydrogen-bond acceptors (Lipinski definition) is 2. The number of benzene rings is 1. The van der Waals surface area contributed by atoms with Crippen molar-refractivity contribution >= 4 is 0 Å². The van der Waals surface area contributed by atoms with Gasteiger partial charge in [-0.2, -0.15) is 5.10 Å². The van der Waals surface area contributed by atoms with E-state index in [2.05, 4.69) is 55.0 Å². The standard InChI is InChI=1S/C17H23N3/c1-12(2)20-17(14-6-4-5-13(3)11-14)15-7-9-18-10-8-16(15)19-20/h4-6,11-12,18H,7-10H2,1-3H3. The Kier molecular flexibility index (Phi) is 3.62. The van der Waals surface area contributed by atoms with Crippen LogP contribution >= 0.6 is 0 Å². The lowest BCUT2D eigenvalue weighted by molar-refractivity contribution is 0.529. The molecule has 0 spiro atoms. The SMILES string of the molecule is Cc1cccc(-c2c3c(nn2C(C)C)CCNCC3)c1. The Morgan fingerprint density at radius 1 is 1.20 bits per heavy atom. The highest BCUT2D eigenvalue weighted by atomic mass is 15.3. The van der Waals surface area contributed by atoms with Gasteiger partial charge < -0.3 is 5.32 Å². The minimum Gasteiger partial charge on any atom is -0.316 e. The molecule has 1 aliphatic heterocycles. The predicted octanol–water partition coefficient (Wildman–Crippen LogP) is 3.13. The van der Waals surface area contributed by atoms with Crippen LogP contribution in [0.4, 0.5) is 0 Å². The normalized spacial score (nSPS) is 15.2. The highest BCUT2D eigenvalue weighted by molar-refractivity contribution is 5.66. The number of nitrogens with one attached hydrogen (secondary N) is 1. The molecule has 0 bridgehead atoms. The van der Waals surface area contributed by atoms with Crippen molar-refractivity contribution in [2.45, 2.75) is 39.7 Å². The van der Waals surface area contributed by atoms with E-state index in [1.54, 1.807) is 0 Å². The topological polar surface area (TPSA) is 29.9 Å². The van der Waals surface area contributed by atoms with E-state index in [0.717, 1.165) is 25.9 Å². The van der Waals surface area contributed by atoms with Crippen LogP contribution in [-0.4, -0.2) is 22.9 Å². The van der Waals surface area contributed by atoms with Crippen molar-refractivity contribution in [1.82, 2.24) is 15.1 Å². The zero-order chi connectivity index (χ0) is 14.1. The third-order valence-electron chi connectivity index (χ3n) is 3.96. The molecule has 0 atom stereocenters. The molecule has 0 aliphatic carbocycles. The fraction of sp³-hybridized carbons (Fsp3) is 0.471. The van der Waals surface area contributed by atoms with Crippen LogP contribution in [0.2, 0.25) is 0 Å². The van der Waals surface area contributed by atoms with Gasteiger partial charge in [0.2, 0.25) is 0 Å². The Balaban J connectivity index is 2.19. The van der Waals surface area contributed by atoms with Crippen molar-refractivity contribution < 1.29 is 0 Å². The van der Waals surface area contributed by atoms with E-state index in [4.69, 9.17) is 5.10 Å². The van der Waals surface area contributed by atoms with Gasteiger partial charge in [-0.15, -0.1) is 0 Å². The molecular weight excluding hydrogens is 246 g/mol. The van der Waals surface area contributed by atoms with E-state index < -0.39 is 0 Å². The molecule has 3 nitrogen and oxygen atoms in total. The molecule has 1 N–H and O–H groups in total. The van der Waals surface area contributed by atoms with Crippen LogP contribution in [0.25, 0.3) is 11.3 Å². The van der Waals surface area contributed by atoms with Gasteiger partial charge in [-0.25, -0.2) is 0 Å². The Morgan fingerprint density at radius 3 is 2.75 bits per heavy atom. The minimum atomic E-state index is 0.394. The first-order chi connectivity index (χ1) is 9.66. The van der Waals surface area contributed by atoms with Crippen molar-refractivity contribution in [2.24, 2.45) is 0 Å². The van der Waals surface area contributed by atoms with Gasteiger partial charge in [0.05, 0.1) is 11.4 Å². The molecule has 0 saturated carbocycles.